The van der Waals surface area contributed by atoms with Crippen LogP contribution in [0.25, 0.3) is 0 Å². The van der Waals surface area contributed by atoms with Gasteiger partial charge in [-0.1, -0.05) is 38.5 Å². The molecule has 160 valence electrons. The van der Waals surface area contributed by atoms with E-state index in [4.69, 9.17) is 0 Å². The summed E-state index contributed by atoms with van der Waals surface area (Å²) >= 11 is 0. The Labute approximate surface area is 176 Å². The van der Waals surface area contributed by atoms with Crippen molar-refractivity contribution in [2.24, 2.45) is 7.05 Å². The maximum atomic E-state index is 13.1. The van der Waals surface area contributed by atoms with Gasteiger partial charge in [-0.2, -0.15) is 5.10 Å². The Hall–Kier alpha value is -3.16. The second kappa shape index (κ2) is 8.30. The first-order valence-electron chi connectivity index (χ1n) is 10.1. The van der Waals surface area contributed by atoms with Gasteiger partial charge in [-0.15, -0.1) is 0 Å². The molecule has 0 unspecified atom stereocenters. The van der Waals surface area contributed by atoms with E-state index in [2.05, 4.69) is 10.4 Å². The molecular formula is C22H29N5O3. The predicted octanol–water partition coefficient (Wildman–Crippen LogP) is 2.05. The third-order valence-electron chi connectivity index (χ3n) is 5.13. The molecule has 0 saturated carbocycles. The highest BCUT2D eigenvalue weighted by atomic mass is 16.2. The molecule has 0 spiro atoms. The Morgan fingerprint density at radius 1 is 1.07 bits per heavy atom. The highest BCUT2D eigenvalue weighted by Gasteiger charge is 2.33. The molecule has 2 aromatic rings. The van der Waals surface area contributed by atoms with Gasteiger partial charge in [-0.3, -0.25) is 19.1 Å². The van der Waals surface area contributed by atoms with E-state index in [1.165, 1.54) is 10.0 Å². The zero-order chi connectivity index (χ0) is 22.1. The van der Waals surface area contributed by atoms with Crippen molar-refractivity contribution >= 4 is 17.7 Å². The van der Waals surface area contributed by atoms with Crippen molar-refractivity contribution in [2.75, 3.05) is 19.6 Å². The standard InChI is InChI=1S/C22H29N5O3/c1-15-7-9-16(10-8-15)20(29)23-14-19(28)26-11-6-12-27(26)21(30)17-13-18(22(2,3)4)24-25(17)5/h7-10,13H,6,11-12,14H2,1-5H3,(H,23,29). The van der Waals surface area contributed by atoms with Crippen LogP contribution in [0.1, 0.15) is 59.3 Å². The average Bonchev–Trinajstić information content (AvgIpc) is 3.32. The minimum atomic E-state index is -0.320. The normalized spacial score (nSPS) is 14.2. The highest BCUT2D eigenvalue weighted by molar-refractivity contribution is 5.97. The first-order chi connectivity index (χ1) is 14.1. The molecule has 1 aliphatic heterocycles. The Kier molecular flexibility index (Phi) is 5.96. The molecule has 1 aromatic carbocycles. The average molecular weight is 412 g/mol. The summed E-state index contributed by atoms with van der Waals surface area (Å²) in [7, 11) is 1.73. The van der Waals surface area contributed by atoms with Gasteiger partial charge in [0.25, 0.3) is 17.7 Å². The Balaban J connectivity index is 1.67. The highest BCUT2D eigenvalue weighted by Crippen LogP contribution is 2.23. The number of carbonyl (C=O) groups excluding carboxylic acids is 3. The molecule has 1 N–H and O–H groups in total. The first kappa shape index (κ1) is 21.5. The zero-order valence-electron chi connectivity index (χ0n) is 18.2. The van der Waals surface area contributed by atoms with Crippen LogP contribution >= 0.6 is 0 Å². The van der Waals surface area contributed by atoms with E-state index in [1.807, 2.05) is 39.8 Å². The van der Waals surface area contributed by atoms with Gasteiger partial charge in [-0.25, -0.2) is 10.0 Å². The van der Waals surface area contributed by atoms with Gasteiger partial charge < -0.3 is 5.32 Å². The van der Waals surface area contributed by atoms with Crippen LogP contribution in [0.15, 0.2) is 30.3 Å². The smallest absolute Gasteiger partial charge is 0.290 e. The van der Waals surface area contributed by atoms with Crippen LogP contribution in [0.3, 0.4) is 0 Å². The second-order valence-electron chi connectivity index (χ2n) is 8.64. The minimum absolute atomic E-state index is 0.172. The van der Waals surface area contributed by atoms with Gasteiger partial charge in [0.05, 0.1) is 12.2 Å². The number of nitrogens with one attached hydrogen (secondary N) is 1. The van der Waals surface area contributed by atoms with Gasteiger partial charge in [0.15, 0.2) is 0 Å². The molecule has 1 aromatic heterocycles. The summed E-state index contributed by atoms with van der Waals surface area (Å²) in [6.07, 6.45) is 0.688. The molecule has 30 heavy (non-hydrogen) atoms. The van der Waals surface area contributed by atoms with Crippen molar-refractivity contribution in [3.8, 4) is 0 Å². The Morgan fingerprint density at radius 2 is 1.70 bits per heavy atom. The first-order valence-corrected chi connectivity index (χ1v) is 10.1. The number of amides is 3. The number of benzene rings is 1. The molecule has 0 bridgehead atoms. The molecule has 0 atom stereocenters. The van der Waals surface area contributed by atoms with Crippen molar-refractivity contribution in [2.45, 2.75) is 39.5 Å². The van der Waals surface area contributed by atoms with Gasteiger partial charge >= 0.3 is 0 Å². The summed E-state index contributed by atoms with van der Waals surface area (Å²) in [5.74, 6) is -0.905. The van der Waals surface area contributed by atoms with Crippen LogP contribution in [0.5, 0.6) is 0 Å². The number of aryl methyl sites for hydroxylation is 2. The van der Waals surface area contributed by atoms with Gasteiger partial charge in [0.1, 0.15) is 5.69 Å². The molecular weight excluding hydrogens is 382 g/mol. The molecule has 1 fully saturated rings. The summed E-state index contributed by atoms with van der Waals surface area (Å²) in [6, 6.07) is 8.91. The van der Waals surface area contributed by atoms with Crippen LogP contribution < -0.4 is 5.32 Å². The number of hydrazine groups is 1. The van der Waals surface area contributed by atoms with Crippen LogP contribution in [0.4, 0.5) is 0 Å². The summed E-state index contributed by atoms with van der Waals surface area (Å²) in [5, 5.41) is 9.96. The molecule has 0 aliphatic carbocycles. The molecule has 3 rings (SSSR count). The van der Waals surface area contributed by atoms with Crippen LogP contribution in [-0.4, -0.2) is 57.2 Å². The van der Waals surface area contributed by atoms with Crippen LogP contribution in [-0.2, 0) is 17.3 Å². The third kappa shape index (κ3) is 4.53. The van der Waals surface area contributed by atoms with Crippen LogP contribution in [0.2, 0.25) is 0 Å². The topological polar surface area (TPSA) is 87.5 Å². The Morgan fingerprint density at radius 3 is 2.30 bits per heavy atom. The van der Waals surface area contributed by atoms with E-state index in [1.54, 1.807) is 29.9 Å². The molecule has 2 heterocycles. The number of carbonyl (C=O) groups is 3. The SMILES string of the molecule is Cc1ccc(C(=O)NCC(=O)N2CCCN2C(=O)c2cc(C(C)(C)C)nn2C)cc1. The molecule has 1 saturated heterocycles. The largest absolute Gasteiger partial charge is 0.343 e. The maximum Gasteiger partial charge on any atom is 0.290 e. The van der Waals surface area contributed by atoms with E-state index < -0.39 is 0 Å². The lowest BCUT2D eigenvalue weighted by atomic mass is 9.92. The molecule has 0 radical (unpaired) electrons. The summed E-state index contributed by atoms with van der Waals surface area (Å²) in [4.78, 5) is 38.1. The summed E-state index contributed by atoms with van der Waals surface area (Å²) in [5.41, 5.74) is 2.61. The predicted molar refractivity (Wildman–Crippen MR) is 113 cm³/mol. The fourth-order valence-electron chi connectivity index (χ4n) is 3.30. The number of aromatic nitrogens is 2. The van der Waals surface area contributed by atoms with Crippen LogP contribution in [0, 0.1) is 6.92 Å². The monoisotopic (exact) mass is 411 g/mol. The second-order valence-corrected chi connectivity index (χ2v) is 8.64. The molecule has 8 heteroatoms. The maximum absolute atomic E-state index is 13.1. The van der Waals surface area contributed by atoms with Crippen molar-refractivity contribution in [3.05, 3.63) is 52.8 Å². The number of rotatable bonds is 4. The third-order valence-corrected chi connectivity index (χ3v) is 5.13. The summed E-state index contributed by atoms with van der Waals surface area (Å²) < 4.78 is 1.56. The lowest BCUT2D eigenvalue weighted by Crippen LogP contribution is -2.49. The number of hydrogen-bond acceptors (Lipinski definition) is 4. The lowest BCUT2D eigenvalue weighted by Gasteiger charge is -2.27. The Bertz CT molecular complexity index is 956. The molecule has 8 nitrogen and oxygen atoms in total. The van der Waals surface area contributed by atoms with E-state index in [9.17, 15) is 14.4 Å². The van der Waals surface area contributed by atoms with E-state index in [0.29, 0.717) is 30.8 Å². The van der Waals surface area contributed by atoms with Gasteiger partial charge in [0, 0.05) is 31.1 Å². The van der Waals surface area contributed by atoms with Crippen molar-refractivity contribution in [1.82, 2.24) is 25.1 Å². The number of hydrogen-bond donors (Lipinski definition) is 1. The van der Waals surface area contributed by atoms with Crippen molar-refractivity contribution in [3.63, 3.8) is 0 Å². The minimum Gasteiger partial charge on any atom is -0.343 e. The molecule has 1 aliphatic rings. The fraction of sp³-hybridized carbons (Fsp3) is 0.455. The lowest BCUT2D eigenvalue weighted by molar-refractivity contribution is -0.139. The fourth-order valence-corrected chi connectivity index (χ4v) is 3.30. The number of nitrogens with zero attached hydrogens (tertiary/aromatic N) is 4. The van der Waals surface area contributed by atoms with Crippen molar-refractivity contribution in [1.29, 1.82) is 0 Å². The van der Waals surface area contributed by atoms with Gasteiger partial charge in [-0.05, 0) is 31.5 Å². The van der Waals surface area contributed by atoms with E-state index in [-0.39, 0.29) is 29.7 Å². The zero-order valence-corrected chi connectivity index (χ0v) is 18.2. The quantitative estimate of drug-likeness (QED) is 0.834. The summed E-state index contributed by atoms with van der Waals surface area (Å²) in [6.45, 7) is 8.76. The van der Waals surface area contributed by atoms with E-state index in [0.717, 1.165) is 11.3 Å². The molecule has 3 amide bonds. The van der Waals surface area contributed by atoms with E-state index >= 15 is 0 Å². The van der Waals surface area contributed by atoms with Crippen molar-refractivity contribution < 1.29 is 14.4 Å². The van der Waals surface area contributed by atoms with Gasteiger partial charge in [0.2, 0.25) is 0 Å².